The number of carbonyl (C=O) groups is 1. The van der Waals surface area contributed by atoms with E-state index in [0.717, 1.165) is 24.8 Å². The van der Waals surface area contributed by atoms with Gasteiger partial charge in [0.05, 0.1) is 0 Å². The molecule has 0 saturated heterocycles. The lowest BCUT2D eigenvalue weighted by Crippen LogP contribution is -2.26. The molecule has 3 aliphatic rings. The topological polar surface area (TPSA) is 26.3 Å². The van der Waals surface area contributed by atoms with Crippen LogP contribution < -0.4 is 0 Å². The van der Waals surface area contributed by atoms with E-state index in [9.17, 15) is 4.79 Å². The predicted octanol–water partition coefficient (Wildman–Crippen LogP) is 3.16. The number of hydrogen-bond acceptors (Lipinski definition) is 2. The highest BCUT2D eigenvalue weighted by Gasteiger charge is 2.45. The van der Waals surface area contributed by atoms with Gasteiger partial charge in [-0.1, -0.05) is 23.8 Å². The standard InChI is InChI=1S/C15H18O2/c1-8-4-7-12-10(3)15(16)17-14(12)13-9(2)5-6-11(8)13/h4,11,13-14H,2,5-7H2,1,3H3/t11-,13-,14-/m0/s1. The summed E-state index contributed by atoms with van der Waals surface area (Å²) >= 11 is 0. The van der Waals surface area contributed by atoms with Crippen LogP contribution in [-0.4, -0.2) is 12.1 Å². The van der Waals surface area contributed by atoms with Crippen molar-refractivity contribution in [3.05, 3.63) is 34.9 Å². The Morgan fingerprint density at radius 2 is 2.18 bits per heavy atom. The SMILES string of the molecule is C=C1CC[C@H]2C(C)=CCC3=C(C)C(=O)O[C@@H]3[C@@H]12. The van der Waals surface area contributed by atoms with Gasteiger partial charge in [-0.15, -0.1) is 0 Å². The van der Waals surface area contributed by atoms with E-state index in [-0.39, 0.29) is 12.1 Å². The number of allylic oxidation sites excluding steroid dienone is 2. The second-order valence-corrected chi connectivity index (χ2v) is 5.46. The number of esters is 1. The normalized spacial score (nSPS) is 36.4. The fraction of sp³-hybridized carbons (Fsp3) is 0.533. The Balaban J connectivity index is 2.08. The summed E-state index contributed by atoms with van der Waals surface area (Å²) in [6.07, 6.45) is 5.34. The van der Waals surface area contributed by atoms with E-state index in [1.807, 2.05) is 6.92 Å². The highest BCUT2D eigenvalue weighted by atomic mass is 16.5. The molecule has 0 radical (unpaired) electrons. The Morgan fingerprint density at radius 3 is 2.94 bits per heavy atom. The predicted molar refractivity (Wildman–Crippen MR) is 66.3 cm³/mol. The van der Waals surface area contributed by atoms with Crippen LogP contribution in [0.3, 0.4) is 0 Å². The molecule has 90 valence electrons. The third-order valence-electron chi connectivity index (χ3n) is 4.60. The molecule has 0 aromatic rings. The first-order chi connectivity index (χ1) is 8.09. The van der Waals surface area contributed by atoms with Crippen LogP contribution in [0.4, 0.5) is 0 Å². The van der Waals surface area contributed by atoms with Gasteiger partial charge in [-0.25, -0.2) is 4.79 Å². The average Bonchev–Trinajstić information content (AvgIpc) is 2.75. The van der Waals surface area contributed by atoms with E-state index >= 15 is 0 Å². The van der Waals surface area contributed by atoms with Crippen molar-refractivity contribution in [1.29, 1.82) is 0 Å². The maximum absolute atomic E-state index is 11.7. The van der Waals surface area contributed by atoms with E-state index in [1.165, 1.54) is 16.7 Å². The van der Waals surface area contributed by atoms with E-state index in [1.54, 1.807) is 0 Å². The van der Waals surface area contributed by atoms with Crippen LogP contribution in [0.1, 0.15) is 33.1 Å². The summed E-state index contributed by atoms with van der Waals surface area (Å²) in [7, 11) is 0. The lowest BCUT2D eigenvalue weighted by Gasteiger charge is -2.25. The molecule has 0 unspecified atom stereocenters. The molecule has 0 aromatic carbocycles. The first-order valence-electron chi connectivity index (χ1n) is 6.34. The molecule has 1 fully saturated rings. The Morgan fingerprint density at radius 1 is 1.41 bits per heavy atom. The molecular weight excluding hydrogens is 212 g/mol. The van der Waals surface area contributed by atoms with Gasteiger partial charge in [-0.2, -0.15) is 0 Å². The maximum atomic E-state index is 11.7. The fourth-order valence-corrected chi connectivity index (χ4v) is 3.51. The van der Waals surface area contributed by atoms with Gasteiger partial charge in [0, 0.05) is 11.5 Å². The van der Waals surface area contributed by atoms with Crippen molar-refractivity contribution in [1.82, 2.24) is 0 Å². The molecular formula is C15H18O2. The second kappa shape index (κ2) is 3.59. The van der Waals surface area contributed by atoms with Gasteiger partial charge >= 0.3 is 5.97 Å². The number of ether oxygens (including phenoxy) is 1. The van der Waals surface area contributed by atoms with Gasteiger partial charge in [-0.05, 0) is 44.6 Å². The monoisotopic (exact) mass is 230 g/mol. The fourth-order valence-electron chi connectivity index (χ4n) is 3.51. The minimum absolute atomic E-state index is 0.0313. The Kier molecular flexibility index (Phi) is 2.29. The summed E-state index contributed by atoms with van der Waals surface area (Å²) in [5.41, 5.74) is 4.71. The Labute approximate surface area is 102 Å². The molecule has 17 heavy (non-hydrogen) atoms. The van der Waals surface area contributed by atoms with Gasteiger partial charge in [0.15, 0.2) is 0 Å². The van der Waals surface area contributed by atoms with Gasteiger partial charge in [0.1, 0.15) is 6.10 Å². The number of fused-ring (bicyclic) bond motifs is 3. The average molecular weight is 230 g/mol. The third-order valence-corrected chi connectivity index (χ3v) is 4.60. The first kappa shape index (κ1) is 10.8. The molecule has 3 atom stereocenters. The molecule has 0 amide bonds. The van der Waals surface area contributed by atoms with Crippen LogP contribution in [0.15, 0.2) is 34.9 Å². The summed E-state index contributed by atoms with van der Waals surface area (Å²) in [5.74, 6) is 0.727. The van der Waals surface area contributed by atoms with Crippen molar-refractivity contribution < 1.29 is 9.53 Å². The number of carbonyl (C=O) groups excluding carboxylic acids is 1. The minimum atomic E-state index is -0.128. The van der Waals surface area contributed by atoms with Gasteiger partial charge < -0.3 is 4.74 Å². The van der Waals surface area contributed by atoms with E-state index in [4.69, 9.17) is 4.74 Å². The molecule has 2 heteroatoms. The zero-order valence-corrected chi connectivity index (χ0v) is 10.5. The molecule has 0 spiro atoms. The van der Waals surface area contributed by atoms with E-state index < -0.39 is 0 Å². The summed E-state index contributed by atoms with van der Waals surface area (Å²) in [4.78, 5) is 11.7. The molecule has 1 aliphatic heterocycles. The van der Waals surface area contributed by atoms with Crippen LogP contribution in [-0.2, 0) is 9.53 Å². The summed E-state index contributed by atoms with van der Waals surface area (Å²) in [6.45, 7) is 8.28. The number of rotatable bonds is 0. The molecule has 0 bridgehead atoms. The van der Waals surface area contributed by atoms with E-state index in [2.05, 4.69) is 19.6 Å². The van der Waals surface area contributed by atoms with Crippen molar-refractivity contribution in [3.63, 3.8) is 0 Å². The van der Waals surface area contributed by atoms with E-state index in [0.29, 0.717) is 11.8 Å². The van der Waals surface area contributed by atoms with Crippen molar-refractivity contribution in [2.24, 2.45) is 11.8 Å². The maximum Gasteiger partial charge on any atom is 0.334 e. The zero-order valence-electron chi connectivity index (χ0n) is 10.5. The van der Waals surface area contributed by atoms with Crippen molar-refractivity contribution in [2.45, 2.75) is 39.2 Å². The first-order valence-corrected chi connectivity index (χ1v) is 6.34. The zero-order chi connectivity index (χ0) is 12.2. The highest BCUT2D eigenvalue weighted by molar-refractivity contribution is 5.92. The summed E-state index contributed by atoms with van der Waals surface area (Å²) in [5, 5.41) is 0. The van der Waals surface area contributed by atoms with Crippen LogP contribution in [0, 0.1) is 11.8 Å². The van der Waals surface area contributed by atoms with Crippen molar-refractivity contribution in [3.8, 4) is 0 Å². The minimum Gasteiger partial charge on any atom is -0.454 e. The van der Waals surface area contributed by atoms with Gasteiger partial charge in [0.25, 0.3) is 0 Å². The molecule has 1 saturated carbocycles. The molecule has 2 aliphatic carbocycles. The molecule has 3 rings (SSSR count). The van der Waals surface area contributed by atoms with Crippen LogP contribution >= 0.6 is 0 Å². The smallest absolute Gasteiger partial charge is 0.334 e. The van der Waals surface area contributed by atoms with Crippen molar-refractivity contribution in [2.75, 3.05) is 0 Å². The molecule has 0 N–H and O–H groups in total. The van der Waals surface area contributed by atoms with Gasteiger partial charge in [-0.3, -0.25) is 0 Å². The summed E-state index contributed by atoms with van der Waals surface area (Å²) < 4.78 is 5.58. The highest BCUT2D eigenvalue weighted by Crippen LogP contribution is 2.49. The third kappa shape index (κ3) is 1.43. The Hall–Kier alpha value is -1.31. The molecule has 1 heterocycles. The number of hydrogen-bond donors (Lipinski definition) is 0. The quantitative estimate of drug-likeness (QED) is 0.472. The lowest BCUT2D eigenvalue weighted by molar-refractivity contribution is -0.141. The Bertz CT molecular complexity index is 467. The van der Waals surface area contributed by atoms with Crippen LogP contribution in [0.25, 0.3) is 0 Å². The lowest BCUT2D eigenvalue weighted by atomic mass is 9.83. The van der Waals surface area contributed by atoms with Gasteiger partial charge in [0.2, 0.25) is 0 Å². The summed E-state index contributed by atoms with van der Waals surface area (Å²) in [6, 6.07) is 0. The molecule has 0 aromatic heterocycles. The molecule has 2 nitrogen and oxygen atoms in total. The van der Waals surface area contributed by atoms with Crippen molar-refractivity contribution >= 4 is 5.97 Å². The largest absolute Gasteiger partial charge is 0.454 e. The van der Waals surface area contributed by atoms with Crippen LogP contribution in [0.2, 0.25) is 0 Å². The van der Waals surface area contributed by atoms with Crippen LogP contribution in [0.5, 0.6) is 0 Å². The second-order valence-electron chi connectivity index (χ2n) is 5.46.